The molecule has 0 fully saturated rings. The number of rotatable bonds is 5. The van der Waals surface area contributed by atoms with Crippen LogP contribution in [0, 0.1) is 0 Å². The van der Waals surface area contributed by atoms with E-state index in [-0.39, 0.29) is 12.1 Å². The number of benzene rings is 3. The fourth-order valence-corrected chi connectivity index (χ4v) is 4.59. The van der Waals surface area contributed by atoms with Gasteiger partial charge in [0.25, 0.3) is 5.56 Å². The average Bonchev–Trinajstić information content (AvgIpc) is 3.23. The van der Waals surface area contributed by atoms with Crippen molar-refractivity contribution in [2.45, 2.75) is 6.54 Å². The summed E-state index contributed by atoms with van der Waals surface area (Å²) < 4.78 is 14.4. The standard InChI is InChI=1S/C27H20ClN5O3/c1-35-17-11-12-22(36-2)21(13-17)33-25-23(24-26(33)31-20-10-6-5-9-19(20)30-24)27(34)32(15-29-25)14-16-7-3-4-8-18(16)28/h3-13,15H,14H2,1-2H3. The Morgan fingerprint density at radius 1 is 0.889 bits per heavy atom. The number of hydrogen-bond acceptors (Lipinski definition) is 6. The normalized spacial score (nSPS) is 11.4. The van der Waals surface area contributed by atoms with Crippen molar-refractivity contribution < 1.29 is 9.47 Å². The molecule has 6 rings (SSSR count). The molecule has 0 radical (unpaired) electrons. The summed E-state index contributed by atoms with van der Waals surface area (Å²) in [7, 11) is 3.18. The largest absolute Gasteiger partial charge is 0.497 e. The van der Waals surface area contributed by atoms with Gasteiger partial charge in [-0.3, -0.25) is 13.9 Å². The lowest BCUT2D eigenvalue weighted by molar-refractivity contribution is 0.402. The van der Waals surface area contributed by atoms with Crippen molar-refractivity contribution in [1.82, 2.24) is 24.1 Å². The third kappa shape index (κ3) is 3.46. The van der Waals surface area contributed by atoms with Gasteiger partial charge in [0.15, 0.2) is 11.3 Å². The molecule has 0 saturated heterocycles. The molecule has 0 saturated carbocycles. The molecule has 0 aliphatic rings. The smallest absolute Gasteiger partial charge is 0.265 e. The minimum Gasteiger partial charge on any atom is -0.497 e. The van der Waals surface area contributed by atoms with E-state index < -0.39 is 0 Å². The van der Waals surface area contributed by atoms with E-state index in [0.717, 1.165) is 5.56 Å². The molecule has 178 valence electrons. The third-order valence-corrected chi connectivity index (χ3v) is 6.52. The first-order valence-corrected chi connectivity index (χ1v) is 11.6. The van der Waals surface area contributed by atoms with Crippen LogP contribution in [0.25, 0.3) is 38.9 Å². The molecule has 0 unspecified atom stereocenters. The highest BCUT2D eigenvalue weighted by Crippen LogP contribution is 2.34. The van der Waals surface area contributed by atoms with Crippen LogP contribution < -0.4 is 15.0 Å². The second kappa shape index (κ2) is 8.66. The van der Waals surface area contributed by atoms with Crippen molar-refractivity contribution >= 4 is 44.8 Å². The van der Waals surface area contributed by atoms with Gasteiger partial charge in [0, 0.05) is 11.1 Å². The highest BCUT2D eigenvalue weighted by atomic mass is 35.5. The van der Waals surface area contributed by atoms with E-state index in [2.05, 4.69) is 0 Å². The van der Waals surface area contributed by atoms with Crippen LogP contribution in [-0.2, 0) is 6.54 Å². The molecule has 9 heteroatoms. The summed E-state index contributed by atoms with van der Waals surface area (Å²) in [6.07, 6.45) is 1.52. The van der Waals surface area contributed by atoms with E-state index in [1.165, 1.54) is 10.9 Å². The molecule has 0 aliphatic carbocycles. The monoisotopic (exact) mass is 497 g/mol. The van der Waals surface area contributed by atoms with Crippen LogP contribution in [-0.4, -0.2) is 38.3 Å². The second-order valence-corrected chi connectivity index (χ2v) is 8.63. The molecule has 3 heterocycles. The molecule has 0 atom stereocenters. The fraction of sp³-hybridized carbons (Fsp3) is 0.111. The quantitative estimate of drug-likeness (QED) is 0.333. The first kappa shape index (κ1) is 22.1. The molecule has 36 heavy (non-hydrogen) atoms. The lowest BCUT2D eigenvalue weighted by Crippen LogP contribution is -2.21. The number of ether oxygens (including phenoxy) is 2. The average molecular weight is 498 g/mol. The summed E-state index contributed by atoms with van der Waals surface area (Å²) in [5, 5.41) is 0.946. The number of aromatic nitrogens is 5. The molecule has 0 N–H and O–H groups in total. The molecule has 0 bridgehead atoms. The van der Waals surface area contributed by atoms with Gasteiger partial charge < -0.3 is 9.47 Å². The first-order chi connectivity index (χ1) is 17.6. The highest BCUT2D eigenvalue weighted by molar-refractivity contribution is 6.31. The van der Waals surface area contributed by atoms with Crippen molar-refractivity contribution in [3.63, 3.8) is 0 Å². The van der Waals surface area contributed by atoms with Crippen molar-refractivity contribution in [1.29, 1.82) is 0 Å². The Labute approximate surface area is 210 Å². The number of methoxy groups -OCH3 is 2. The van der Waals surface area contributed by atoms with Crippen molar-refractivity contribution in [2.75, 3.05) is 14.2 Å². The van der Waals surface area contributed by atoms with Gasteiger partial charge in [-0.25, -0.2) is 15.0 Å². The molecular formula is C27H20ClN5O3. The summed E-state index contributed by atoms with van der Waals surface area (Å²) in [5.74, 6) is 1.20. The lowest BCUT2D eigenvalue weighted by atomic mass is 10.2. The Bertz CT molecular complexity index is 1840. The van der Waals surface area contributed by atoms with Gasteiger partial charge in [0.2, 0.25) is 0 Å². The van der Waals surface area contributed by atoms with Crippen LogP contribution in [0.3, 0.4) is 0 Å². The number of hydrogen-bond donors (Lipinski definition) is 0. The van der Waals surface area contributed by atoms with Crippen molar-refractivity contribution in [3.05, 3.63) is 94.0 Å². The number of para-hydroxylation sites is 2. The molecule has 8 nitrogen and oxygen atoms in total. The summed E-state index contributed by atoms with van der Waals surface area (Å²) in [4.78, 5) is 28.3. The molecule has 0 amide bonds. The van der Waals surface area contributed by atoms with Gasteiger partial charge in [-0.05, 0) is 35.9 Å². The van der Waals surface area contributed by atoms with E-state index in [9.17, 15) is 4.79 Å². The zero-order valence-corrected chi connectivity index (χ0v) is 20.2. The van der Waals surface area contributed by atoms with Gasteiger partial charge in [-0.2, -0.15) is 0 Å². The first-order valence-electron chi connectivity index (χ1n) is 11.2. The van der Waals surface area contributed by atoms with Gasteiger partial charge in [0.05, 0.1) is 37.5 Å². The number of fused-ring (bicyclic) bond motifs is 4. The van der Waals surface area contributed by atoms with Crippen molar-refractivity contribution in [2.24, 2.45) is 0 Å². The Kier molecular flexibility index (Phi) is 5.30. The lowest BCUT2D eigenvalue weighted by Gasteiger charge is -2.13. The Morgan fingerprint density at radius 3 is 2.39 bits per heavy atom. The summed E-state index contributed by atoms with van der Waals surface area (Å²) >= 11 is 6.36. The molecule has 3 aromatic carbocycles. The van der Waals surface area contributed by atoms with Crippen LogP contribution in [0.15, 0.2) is 77.9 Å². The third-order valence-electron chi connectivity index (χ3n) is 6.16. The SMILES string of the molecule is COc1ccc(OC)c(-n2c3nc4ccccc4nc3c3c(=O)n(Cc4ccccc4Cl)cnc32)c1. The van der Waals surface area contributed by atoms with Crippen LogP contribution in [0.4, 0.5) is 0 Å². The highest BCUT2D eigenvalue weighted by Gasteiger charge is 2.23. The Balaban J connectivity index is 1.71. The summed E-state index contributed by atoms with van der Waals surface area (Å²) in [6, 6.07) is 20.4. The molecule has 3 aromatic heterocycles. The predicted octanol–water partition coefficient (Wildman–Crippen LogP) is 5.00. The van der Waals surface area contributed by atoms with Crippen LogP contribution in [0.1, 0.15) is 5.56 Å². The van der Waals surface area contributed by atoms with E-state index >= 15 is 0 Å². The van der Waals surface area contributed by atoms with Gasteiger partial charge in [-0.15, -0.1) is 0 Å². The Morgan fingerprint density at radius 2 is 1.64 bits per heavy atom. The van der Waals surface area contributed by atoms with Gasteiger partial charge >= 0.3 is 0 Å². The second-order valence-electron chi connectivity index (χ2n) is 8.23. The van der Waals surface area contributed by atoms with Gasteiger partial charge in [-0.1, -0.05) is 41.9 Å². The van der Waals surface area contributed by atoms with Crippen LogP contribution in [0.5, 0.6) is 11.5 Å². The Hall–Kier alpha value is -4.43. The fourth-order valence-electron chi connectivity index (χ4n) is 4.39. The number of nitrogens with zero attached hydrogens (tertiary/aromatic N) is 5. The maximum Gasteiger partial charge on any atom is 0.265 e. The summed E-state index contributed by atoms with van der Waals surface area (Å²) in [5.41, 5.74) is 3.97. The van der Waals surface area contributed by atoms with E-state index in [1.807, 2.05) is 48.5 Å². The van der Waals surface area contributed by atoms with Gasteiger partial charge in [0.1, 0.15) is 28.7 Å². The molecule has 0 spiro atoms. The minimum absolute atomic E-state index is 0.241. The van der Waals surface area contributed by atoms with Crippen molar-refractivity contribution in [3.8, 4) is 17.2 Å². The maximum absolute atomic E-state index is 13.9. The summed E-state index contributed by atoms with van der Waals surface area (Å²) in [6.45, 7) is 0.275. The molecular weight excluding hydrogens is 478 g/mol. The molecule has 6 aromatic rings. The minimum atomic E-state index is -0.241. The van der Waals surface area contributed by atoms with Crippen LogP contribution in [0.2, 0.25) is 5.02 Å². The van der Waals surface area contributed by atoms with E-state index in [4.69, 9.17) is 36.0 Å². The van der Waals surface area contributed by atoms with E-state index in [0.29, 0.717) is 55.4 Å². The zero-order valence-electron chi connectivity index (χ0n) is 19.5. The topological polar surface area (TPSA) is 84.1 Å². The van der Waals surface area contributed by atoms with Crippen LogP contribution >= 0.6 is 11.6 Å². The number of halogens is 1. The predicted molar refractivity (Wildman–Crippen MR) is 140 cm³/mol. The maximum atomic E-state index is 13.9. The molecule has 0 aliphatic heterocycles. The zero-order chi connectivity index (χ0) is 24.8. The van der Waals surface area contributed by atoms with E-state index in [1.54, 1.807) is 37.0 Å².